The largest absolute Gasteiger partial charge is 0.207 e. The quantitative estimate of drug-likeness (QED) is 0.238. The molecule has 0 unspecified atom stereocenters. The molecule has 0 nitrogen and oxygen atoms in total. The maximum Gasteiger partial charge on any atom is 0.123 e. The van der Waals surface area contributed by atoms with Gasteiger partial charge in [0.15, 0.2) is 0 Å². The minimum absolute atomic E-state index is 0.224. The van der Waals surface area contributed by atoms with Crippen LogP contribution in [0.5, 0.6) is 0 Å². The van der Waals surface area contributed by atoms with Crippen LogP contribution in [0.2, 0.25) is 0 Å². The van der Waals surface area contributed by atoms with Crippen molar-refractivity contribution in [3.63, 3.8) is 0 Å². The molecule has 0 bridgehead atoms. The van der Waals surface area contributed by atoms with Gasteiger partial charge in [-0.3, -0.25) is 0 Å². The Morgan fingerprint density at radius 1 is 0.514 bits per heavy atom. The van der Waals surface area contributed by atoms with E-state index in [1.54, 1.807) is 12.1 Å². The highest BCUT2D eigenvalue weighted by Gasteiger charge is 2.47. The van der Waals surface area contributed by atoms with Crippen molar-refractivity contribution in [3.8, 4) is 22.3 Å². The lowest BCUT2D eigenvalue weighted by molar-refractivity contribution is 0.628. The summed E-state index contributed by atoms with van der Waals surface area (Å²) in [7, 11) is 0. The first-order valence-electron chi connectivity index (χ1n) is 12.7. The molecule has 1 aliphatic rings. The van der Waals surface area contributed by atoms with E-state index in [0.717, 1.165) is 16.5 Å². The minimum Gasteiger partial charge on any atom is -0.207 e. The smallest absolute Gasteiger partial charge is 0.123 e. The molecule has 0 aromatic heterocycles. The average molecular weight is 477 g/mol. The number of hydrogen-bond donors (Lipinski definition) is 0. The van der Waals surface area contributed by atoms with E-state index in [2.05, 4.69) is 116 Å². The Balaban J connectivity index is 1.72. The lowest BCUT2D eigenvalue weighted by Crippen LogP contribution is -2.28. The van der Waals surface area contributed by atoms with E-state index in [4.69, 9.17) is 0 Å². The van der Waals surface area contributed by atoms with Gasteiger partial charge in [-0.1, -0.05) is 121 Å². The number of fused-ring (bicyclic) bond motifs is 5. The third kappa shape index (κ3) is 3.14. The first-order valence-corrected chi connectivity index (χ1v) is 12.7. The molecule has 0 heterocycles. The fourth-order valence-corrected chi connectivity index (χ4v) is 6.35. The topological polar surface area (TPSA) is 0 Å². The van der Waals surface area contributed by atoms with Crippen LogP contribution < -0.4 is 0 Å². The SMILES string of the molecule is Cc1ccc2c(c1)C(c1ccccc1)(c1ccccc1)c1cc(-c3cccc(F)c3)c3ccccc3c1-2. The molecule has 0 N–H and O–H groups in total. The molecule has 0 amide bonds. The van der Waals surface area contributed by atoms with E-state index >= 15 is 0 Å². The van der Waals surface area contributed by atoms with Gasteiger partial charge in [0.2, 0.25) is 0 Å². The summed E-state index contributed by atoms with van der Waals surface area (Å²) in [6, 6.07) is 46.3. The number of benzene rings is 6. The molecule has 7 rings (SSSR count). The Bertz CT molecular complexity index is 1740. The summed E-state index contributed by atoms with van der Waals surface area (Å²) in [5, 5.41) is 2.33. The molecule has 0 atom stereocenters. The second-order valence-electron chi connectivity index (χ2n) is 9.93. The highest BCUT2D eigenvalue weighted by molar-refractivity contribution is 6.10. The normalized spacial score (nSPS) is 13.4. The molecule has 1 aliphatic carbocycles. The van der Waals surface area contributed by atoms with E-state index in [9.17, 15) is 4.39 Å². The molecule has 0 spiro atoms. The van der Waals surface area contributed by atoms with Gasteiger partial charge in [-0.2, -0.15) is 0 Å². The Labute approximate surface area is 216 Å². The van der Waals surface area contributed by atoms with Crippen LogP contribution >= 0.6 is 0 Å². The molecule has 0 aliphatic heterocycles. The van der Waals surface area contributed by atoms with E-state index in [1.807, 2.05) is 6.07 Å². The molecule has 176 valence electrons. The standard InChI is InChI=1S/C36H25F/c1-24-19-20-31-33(21-24)36(26-12-4-2-5-13-26,27-14-6-3-7-15-27)34-23-32(25-11-10-16-28(37)22-25)29-17-8-9-18-30(29)35(31)34/h2-23H,1H3. The zero-order chi connectivity index (χ0) is 25.0. The lowest BCUT2D eigenvalue weighted by atomic mass is 9.67. The Hall–Kier alpha value is -4.49. The van der Waals surface area contributed by atoms with Crippen molar-refractivity contribution in [3.05, 3.63) is 167 Å². The third-order valence-corrected chi connectivity index (χ3v) is 7.85. The summed E-state index contributed by atoms with van der Waals surface area (Å²) >= 11 is 0. The van der Waals surface area contributed by atoms with Crippen LogP contribution in [-0.2, 0) is 5.41 Å². The van der Waals surface area contributed by atoms with Crippen molar-refractivity contribution in [1.29, 1.82) is 0 Å². The minimum atomic E-state index is -0.495. The first-order chi connectivity index (χ1) is 18.2. The van der Waals surface area contributed by atoms with E-state index < -0.39 is 5.41 Å². The van der Waals surface area contributed by atoms with Crippen molar-refractivity contribution in [2.75, 3.05) is 0 Å². The number of halogens is 1. The van der Waals surface area contributed by atoms with E-state index in [0.29, 0.717) is 0 Å². The van der Waals surface area contributed by atoms with Crippen LogP contribution in [0.15, 0.2) is 133 Å². The van der Waals surface area contributed by atoms with Gasteiger partial charge < -0.3 is 0 Å². The van der Waals surface area contributed by atoms with Crippen LogP contribution in [-0.4, -0.2) is 0 Å². The molecule has 37 heavy (non-hydrogen) atoms. The van der Waals surface area contributed by atoms with Crippen molar-refractivity contribution in [2.24, 2.45) is 0 Å². The summed E-state index contributed by atoms with van der Waals surface area (Å²) in [6.07, 6.45) is 0. The molecule has 0 radical (unpaired) electrons. The van der Waals surface area contributed by atoms with Gasteiger partial charge in [0, 0.05) is 0 Å². The molecule has 0 fully saturated rings. The third-order valence-electron chi connectivity index (χ3n) is 7.85. The zero-order valence-electron chi connectivity index (χ0n) is 20.6. The predicted octanol–water partition coefficient (Wildman–Crippen LogP) is 9.32. The molecule has 0 saturated carbocycles. The highest BCUT2D eigenvalue weighted by atomic mass is 19.1. The molecule has 6 aromatic carbocycles. The second kappa shape index (κ2) is 8.28. The van der Waals surface area contributed by atoms with Crippen molar-refractivity contribution < 1.29 is 4.39 Å². The Morgan fingerprint density at radius 3 is 1.84 bits per heavy atom. The second-order valence-corrected chi connectivity index (χ2v) is 9.93. The maximum atomic E-state index is 14.5. The van der Waals surface area contributed by atoms with Crippen LogP contribution in [0.1, 0.15) is 27.8 Å². The molecular weight excluding hydrogens is 451 g/mol. The van der Waals surface area contributed by atoms with Gasteiger partial charge in [-0.25, -0.2) is 4.39 Å². The summed E-state index contributed by atoms with van der Waals surface area (Å²) in [5.41, 5.74) is 10.2. The summed E-state index contributed by atoms with van der Waals surface area (Å²) < 4.78 is 14.5. The molecule has 6 aromatic rings. The average Bonchev–Trinajstić information content (AvgIpc) is 3.24. The number of rotatable bonds is 3. The van der Waals surface area contributed by atoms with Gasteiger partial charge in [-0.15, -0.1) is 0 Å². The van der Waals surface area contributed by atoms with Gasteiger partial charge >= 0.3 is 0 Å². The maximum absolute atomic E-state index is 14.5. The monoisotopic (exact) mass is 476 g/mol. The lowest BCUT2D eigenvalue weighted by Gasteiger charge is -2.34. The Kier molecular flexibility index (Phi) is 4.87. The van der Waals surface area contributed by atoms with Gasteiger partial charge in [-0.05, 0) is 80.4 Å². The van der Waals surface area contributed by atoms with Crippen LogP contribution in [0, 0.1) is 12.7 Å². The van der Waals surface area contributed by atoms with Crippen LogP contribution in [0.4, 0.5) is 4.39 Å². The summed E-state index contributed by atoms with van der Waals surface area (Å²) in [4.78, 5) is 0. The van der Waals surface area contributed by atoms with Crippen molar-refractivity contribution >= 4 is 10.8 Å². The van der Waals surface area contributed by atoms with Crippen molar-refractivity contribution in [1.82, 2.24) is 0 Å². The fourth-order valence-electron chi connectivity index (χ4n) is 6.35. The Morgan fingerprint density at radius 2 is 1.16 bits per heavy atom. The first kappa shape index (κ1) is 21.8. The van der Waals surface area contributed by atoms with E-state index in [1.165, 1.54) is 50.4 Å². The van der Waals surface area contributed by atoms with Crippen LogP contribution in [0.3, 0.4) is 0 Å². The predicted molar refractivity (Wildman–Crippen MR) is 151 cm³/mol. The molecule has 0 saturated heterocycles. The zero-order valence-corrected chi connectivity index (χ0v) is 20.6. The van der Waals surface area contributed by atoms with E-state index in [-0.39, 0.29) is 5.82 Å². The highest BCUT2D eigenvalue weighted by Crippen LogP contribution is 2.59. The van der Waals surface area contributed by atoms with Crippen molar-refractivity contribution in [2.45, 2.75) is 12.3 Å². The van der Waals surface area contributed by atoms with Gasteiger partial charge in [0.05, 0.1) is 5.41 Å². The number of hydrogen-bond acceptors (Lipinski definition) is 0. The van der Waals surface area contributed by atoms with Gasteiger partial charge in [0.1, 0.15) is 5.82 Å². The molecular formula is C36H25F. The van der Waals surface area contributed by atoms with Gasteiger partial charge in [0.25, 0.3) is 0 Å². The fraction of sp³-hybridized carbons (Fsp3) is 0.0556. The number of aryl methyl sites for hydroxylation is 1. The summed E-state index contributed by atoms with van der Waals surface area (Å²) in [5.74, 6) is -0.224. The molecule has 1 heteroatoms. The van der Waals surface area contributed by atoms with Crippen LogP contribution in [0.25, 0.3) is 33.0 Å². The summed E-state index contributed by atoms with van der Waals surface area (Å²) in [6.45, 7) is 2.17.